The van der Waals surface area contributed by atoms with Crippen LogP contribution in [-0.2, 0) is 0 Å². The van der Waals surface area contributed by atoms with Crippen LogP contribution in [0.5, 0.6) is 17.5 Å². The first-order valence-corrected chi connectivity index (χ1v) is 6.49. The third-order valence-corrected chi connectivity index (χ3v) is 2.57. The number of anilines is 1. The minimum atomic E-state index is -0.0127. The van der Waals surface area contributed by atoms with Gasteiger partial charge in [-0.25, -0.2) is 0 Å². The Hall–Kier alpha value is -2.30. The van der Waals surface area contributed by atoms with E-state index in [0.717, 1.165) is 11.1 Å². The topological polar surface area (TPSA) is 70.3 Å². The van der Waals surface area contributed by atoms with Crippen LogP contribution in [-0.4, -0.2) is 16.1 Å². The quantitative estimate of drug-likeness (QED) is 0.925. The van der Waals surface area contributed by atoms with Gasteiger partial charge in [0.25, 0.3) is 0 Å². The maximum atomic E-state index is 5.98. The first kappa shape index (κ1) is 14.1. The van der Waals surface area contributed by atoms with Gasteiger partial charge >= 0.3 is 0 Å². The van der Waals surface area contributed by atoms with Gasteiger partial charge in [0.15, 0.2) is 5.69 Å². The van der Waals surface area contributed by atoms with E-state index in [2.05, 4.69) is 16.0 Å². The summed E-state index contributed by atoms with van der Waals surface area (Å²) in [6.07, 6.45) is 1.37. The normalized spacial score (nSPS) is 10.7. The van der Waals surface area contributed by atoms with E-state index in [1.165, 1.54) is 6.33 Å². The molecule has 0 saturated heterocycles. The molecule has 0 bridgehead atoms. The summed E-state index contributed by atoms with van der Waals surface area (Å²) in [6, 6.07) is 5.93. The molecule has 2 N–H and O–H groups in total. The molecule has 0 unspecified atom stereocenters. The third kappa shape index (κ3) is 3.38. The highest BCUT2D eigenvalue weighted by atomic mass is 16.5. The number of rotatable bonds is 4. The standard InChI is InChI=1S/C15H19N3O2/c1-9(2)19-14-13(16)15(18-8-17-14)20-12-6-10(3)5-11(4)7-12/h5-9H,16H2,1-4H3. The lowest BCUT2D eigenvalue weighted by molar-refractivity contribution is 0.233. The molecular formula is C15H19N3O2. The molecular weight excluding hydrogens is 254 g/mol. The molecule has 0 spiro atoms. The summed E-state index contributed by atoms with van der Waals surface area (Å²) in [5, 5.41) is 0. The largest absolute Gasteiger partial charge is 0.473 e. The van der Waals surface area contributed by atoms with Crippen LogP contribution < -0.4 is 15.2 Å². The van der Waals surface area contributed by atoms with Crippen molar-refractivity contribution in [3.8, 4) is 17.5 Å². The Labute approximate surface area is 118 Å². The van der Waals surface area contributed by atoms with Crippen molar-refractivity contribution in [2.45, 2.75) is 33.8 Å². The van der Waals surface area contributed by atoms with Gasteiger partial charge in [0.2, 0.25) is 11.8 Å². The first-order chi connectivity index (χ1) is 9.45. The van der Waals surface area contributed by atoms with E-state index in [-0.39, 0.29) is 6.10 Å². The Morgan fingerprint density at radius 2 is 1.60 bits per heavy atom. The maximum absolute atomic E-state index is 5.98. The highest BCUT2D eigenvalue weighted by Gasteiger charge is 2.13. The van der Waals surface area contributed by atoms with Crippen LogP contribution in [0, 0.1) is 13.8 Å². The summed E-state index contributed by atoms with van der Waals surface area (Å²) >= 11 is 0. The van der Waals surface area contributed by atoms with Crippen LogP contribution in [0.25, 0.3) is 0 Å². The second-order valence-corrected chi connectivity index (χ2v) is 4.99. The second-order valence-electron chi connectivity index (χ2n) is 4.99. The number of ether oxygens (including phenoxy) is 2. The van der Waals surface area contributed by atoms with Crippen LogP contribution in [0.3, 0.4) is 0 Å². The van der Waals surface area contributed by atoms with Crippen molar-refractivity contribution in [1.82, 2.24) is 9.97 Å². The van der Waals surface area contributed by atoms with Gasteiger partial charge in [0.1, 0.15) is 12.1 Å². The molecule has 1 aromatic heterocycles. The molecule has 5 nitrogen and oxygen atoms in total. The van der Waals surface area contributed by atoms with Gasteiger partial charge in [-0.2, -0.15) is 9.97 Å². The van der Waals surface area contributed by atoms with E-state index in [1.807, 2.05) is 39.8 Å². The zero-order valence-corrected chi connectivity index (χ0v) is 12.2. The predicted octanol–water partition coefficient (Wildman–Crippen LogP) is 3.26. The maximum Gasteiger partial charge on any atom is 0.249 e. The number of aromatic nitrogens is 2. The Morgan fingerprint density at radius 1 is 1.00 bits per heavy atom. The zero-order chi connectivity index (χ0) is 14.7. The number of nitrogen functional groups attached to an aromatic ring is 1. The number of nitrogens with zero attached hydrogens (tertiary/aromatic N) is 2. The highest BCUT2D eigenvalue weighted by Crippen LogP contribution is 2.31. The monoisotopic (exact) mass is 273 g/mol. The van der Waals surface area contributed by atoms with Crippen LogP contribution >= 0.6 is 0 Å². The molecule has 20 heavy (non-hydrogen) atoms. The Kier molecular flexibility index (Phi) is 4.08. The molecule has 2 rings (SSSR count). The molecule has 5 heteroatoms. The van der Waals surface area contributed by atoms with E-state index in [1.54, 1.807) is 0 Å². The summed E-state index contributed by atoms with van der Waals surface area (Å²) in [5.74, 6) is 1.35. The SMILES string of the molecule is Cc1cc(C)cc(Oc2ncnc(OC(C)C)c2N)c1. The van der Waals surface area contributed by atoms with E-state index in [4.69, 9.17) is 15.2 Å². The molecule has 1 aromatic carbocycles. The lowest BCUT2D eigenvalue weighted by Gasteiger charge is -2.13. The highest BCUT2D eigenvalue weighted by molar-refractivity contribution is 5.57. The fourth-order valence-electron chi connectivity index (χ4n) is 1.87. The Balaban J connectivity index is 2.29. The van der Waals surface area contributed by atoms with Gasteiger partial charge in [-0.1, -0.05) is 6.07 Å². The fourth-order valence-corrected chi connectivity index (χ4v) is 1.87. The summed E-state index contributed by atoms with van der Waals surface area (Å²) in [4.78, 5) is 8.08. The molecule has 0 aliphatic heterocycles. The van der Waals surface area contributed by atoms with Crippen molar-refractivity contribution >= 4 is 5.69 Å². The molecule has 2 aromatic rings. The van der Waals surface area contributed by atoms with Crippen molar-refractivity contribution in [1.29, 1.82) is 0 Å². The van der Waals surface area contributed by atoms with E-state index in [9.17, 15) is 0 Å². The minimum absolute atomic E-state index is 0.0127. The molecule has 106 valence electrons. The van der Waals surface area contributed by atoms with Crippen LogP contribution in [0.4, 0.5) is 5.69 Å². The van der Waals surface area contributed by atoms with Gasteiger partial charge in [-0.3, -0.25) is 0 Å². The summed E-state index contributed by atoms with van der Waals surface area (Å²) < 4.78 is 11.3. The minimum Gasteiger partial charge on any atom is -0.473 e. The van der Waals surface area contributed by atoms with Gasteiger partial charge < -0.3 is 15.2 Å². The fraction of sp³-hybridized carbons (Fsp3) is 0.333. The smallest absolute Gasteiger partial charge is 0.249 e. The van der Waals surface area contributed by atoms with E-state index >= 15 is 0 Å². The van der Waals surface area contributed by atoms with E-state index < -0.39 is 0 Å². The van der Waals surface area contributed by atoms with Gasteiger partial charge in [0.05, 0.1) is 6.10 Å². The van der Waals surface area contributed by atoms with Crippen LogP contribution in [0.2, 0.25) is 0 Å². The Bertz CT molecular complexity index is 592. The average molecular weight is 273 g/mol. The molecule has 0 aliphatic rings. The van der Waals surface area contributed by atoms with Gasteiger partial charge in [0, 0.05) is 0 Å². The lowest BCUT2D eigenvalue weighted by atomic mass is 10.1. The summed E-state index contributed by atoms with van der Waals surface area (Å²) in [5.41, 5.74) is 8.52. The number of hydrogen-bond donors (Lipinski definition) is 1. The molecule has 0 saturated carbocycles. The molecule has 0 fully saturated rings. The second kappa shape index (κ2) is 5.77. The van der Waals surface area contributed by atoms with Crippen molar-refractivity contribution in [3.63, 3.8) is 0 Å². The van der Waals surface area contributed by atoms with Crippen molar-refractivity contribution < 1.29 is 9.47 Å². The van der Waals surface area contributed by atoms with Crippen LogP contribution in [0.15, 0.2) is 24.5 Å². The number of aryl methyl sites for hydroxylation is 2. The molecule has 0 aliphatic carbocycles. The van der Waals surface area contributed by atoms with Gasteiger partial charge in [-0.05, 0) is 51.0 Å². The zero-order valence-electron chi connectivity index (χ0n) is 12.2. The number of nitrogens with two attached hydrogens (primary N) is 1. The molecule has 0 atom stereocenters. The van der Waals surface area contributed by atoms with Crippen molar-refractivity contribution in [2.75, 3.05) is 5.73 Å². The predicted molar refractivity (Wildman–Crippen MR) is 78.2 cm³/mol. The van der Waals surface area contributed by atoms with E-state index in [0.29, 0.717) is 23.2 Å². The third-order valence-electron chi connectivity index (χ3n) is 2.57. The van der Waals surface area contributed by atoms with Crippen molar-refractivity contribution in [3.05, 3.63) is 35.7 Å². The number of benzene rings is 1. The van der Waals surface area contributed by atoms with Crippen molar-refractivity contribution in [2.24, 2.45) is 0 Å². The summed E-state index contributed by atoms with van der Waals surface area (Å²) in [6.45, 7) is 7.84. The van der Waals surface area contributed by atoms with Crippen LogP contribution in [0.1, 0.15) is 25.0 Å². The summed E-state index contributed by atoms with van der Waals surface area (Å²) in [7, 11) is 0. The molecule has 0 amide bonds. The number of hydrogen-bond acceptors (Lipinski definition) is 5. The van der Waals surface area contributed by atoms with Gasteiger partial charge in [-0.15, -0.1) is 0 Å². The molecule has 0 radical (unpaired) electrons. The Morgan fingerprint density at radius 3 is 2.20 bits per heavy atom. The molecule has 1 heterocycles. The average Bonchev–Trinajstić information content (AvgIpc) is 2.32. The lowest BCUT2D eigenvalue weighted by Crippen LogP contribution is -2.10. The first-order valence-electron chi connectivity index (χ1n) is 6.49.